The number of aliphatic hydroxyl groups is 1. The number of hydrogen-bond acceptors (Lipinski definition) is 3. The number of rotatable bonds is 8. The minimum Gasteiger partial charge on any atom is -0.387 e. The fourth-order valence-corrected chi connectivity index (χ4v) is 2.53. The predicted molar refractivity (Wildman–Crippen MR) is 81.9 cm³/mol. The molecule has 5 heteroatoms. The summed E-state index contributed by atoms with van der Waals surface area (Å²) in [4.78, 5) is 0. The zero-order chi connectivity index (χ0) is 13.4. The van der Waals surface area contributed by atoms with Gasteiger partial charge in [-0.15, -0.1) is 0 Å². The minimum atomic E-state index is -0.614. The van der Waals surface area contributed by atoms with Gasteiger partial charge in [0.25, 0.3) is 0 Å². The summed E-state index contributed by atoms with van der Waals surface area (Å²) >= 11 is 13.8. The Morgan fingerprint density at radius 3 is 2.83 bits per heavy atom. The second-order valence-electron chi connectivity index (χ2n) is 4.09. The Morgan fingerprint density at radius 1 is 1.33 bits per heavy atom. The second kappa shape index (κ2) is 9.05. The van der Waals surface area contributed by atoms with Crippen molar-refractivity contribution >= 4 is 35.0 Å². The maximum absolute atomic E-state index is 10.0. The van der Waals surface area contributed by atoms with Crippen molar-refractivity contribution in [1.29, 1.82) is 0 Å². The van der Waals surface area contributed by atoms with E-state index in [0.29, 0.717) is 22.2 Å². The molecule has 1 unspecified atom stereocenters. The molecule has 1 rings (SSSR count). The number of benzene rings is 1. The van der Waals surface area contributed by atoms with Crippen molar-refractivity contribution in [3.05, 3.63) is 33.8 Å². The summed E-state index contributed by atoms with van der Waals surface area (Å²) in [6.45, 7) is 1.41. The van der Waals surface area contributed by atoms with Crippen LogP contribution in [0, 0.1) is 0 Å². The van der Waals surface area contributed by atoms with Crippen LogP contribution in [0.4, 0.5) is 0 Å². The van der Waals surface area contributed by atoms with Gasteiger partial charge in [0.05, 0.1) is 6.10 Å². The summed E-state index contributed by atoms with van der Waals surface area (Å²) in [5.74, 6) is 1.18. The molecule has 1 atom stereocenters. The van der Waals surface area contributed by atoms with Crippen LogP contribution in [0.3, 0.4) is 0 Å². The normalized spacial score (nSPS) is 12.7. The molecule has 0 aliphatic rings. The van der Waals surface area contributed by atoms with Gasteiger partial charge in [0, 0.05) is 22.2 Å². The van der Waals surface area contributed by atoms with Gasteiger partial charge in [-0.2, -0.15) is 11.8 Å². The number of thioether (sulfide) groups is 1. The molecule has 0 aliphatic heterocycles. The van der Waals surface area contributed by atoms with Gasteiger partial charge < -0.3 is 10.4 Å². The van der Waals surface area contributed by atoms with Crippen molar-refractivity contribution in [2.75, 3.05) is 25.1 Å². The molecule has 0 amide bonds. The Labute approximate surface area is 123 Å². The highest BCUT2D eigenvalue weighted by Crippen LogP contribution is 2.25. The maximum atomic E-state index is 10.0. The van der Waals surface area contributed by atoms with Crippen LogP contribution in [0.2, 0.25) is 10.0 Å². The minimum absolute atomic E-state index is 0.499. The number of nitrogens with one attached hydrogen (secondary N) is 1. The first kappa shape index (κ1) is 16.1. The van der Waals surface area contributed by atoms with Crippen molar-refractivity contribution in [3.63, 3.8) is 0 Å². The van der Waals surface area contributed by atoms with Gasteiger partial charge in [-0.3, -0.25) is 0 Å². The molecular weight excluding hydrogens is 289 g/mol. The van der Waals surface area contributed by atoms with Gasteiger partial charge in [0.2, 0.25) is 0 Å². The van der Waals surface area contributed by atoms with E-state index in [4.69, 9.17) is 23.2 Å². The zero-order valence-corrected chi connectivity index (χ0v) is 12.8. The van der Waals surface area contributed by atoms with E-state index >= 15 is 0 Å². The van der Waals surface area contributed by atoms with Gasteiger partial charge in [0.1, 0.15) is 0 Å². The highest BCUT2D eigenvalue weighted by atomic mass is 35.5. The molecule has 2 N–H and O–H groups in total. The van der Waals surface area contributed by atoms with E-state index in [1.807, 2.05) is 11.8 Å². The van der Waals surface area contributed by atoms with Gasteiger partial charge in [0.15, 0.2) is 0 Å². The topological polar surface area (TPSA) is 32.3 Å². The largest absolute Gasteiger partial charge is 0.387 e. The van der Waals surface area contributed by atoms with Crippen molar-refractivity contribution in [2.24, 2.45) is 0 Å². The van der Waals surface area contributed by atoms with Crippen LogP contribution in [0.25, 0.3) is 0 Å². The second-order valence-corrected chi connectivity index (χ2v) is 5.91. The zero-order valence-electron chi connectivity index (χ0n) is 10.5. The average Bonchev–Trinajstić information content (AvgIpc) is 2.36. The molecule has 0 spiro atoms. The molecule has 0 radical (unpaired) electrons. The molecule has 18 heavy (non-hydrogen) atoms. The SMILES string of the molecule is CSCCCCNCC(O)c1cc(Cl)ccc1Cl. The third-order valence-electron chi connectivity index (χ3n) is 2.61. The molecular formula is C13H19Cl2NOS. The lowest BCUT2D eigenvalue weighted by Gasteiger charge is -2.14. The van der Waals surface area contributed by atoms with E-state index in [1.54, 1.807) is 18.2 Å². The van der Waals surface area contributed by atoms with E-state index < -0.39 is 6.10 Å². The van der Waals surface area contributed by atoms with Crippen LogP contribution in [-0.2, 0) is 0 Å². The van der Waals surface area contributed by atoms with E-state index in [9.17, 15) is 5.11 Å². The first-order valence-corrected chi connectivity index (χ1v) is 8.12. The van der Waals surface area contributed by atoms with E-state index in [-0.39, 0.29) is 0 Å². The van der Waals surface area contributed by atoms with Crippen LogP contribution in [0.1, 0.15) is 24.5 Å². The molecule has 1 aromatic carbocycles. The summed E-state index contributed by atoms with van der Waals surface area (Å²) in [6.07, 6.45) is 3.81. The van der Waals surface area contributed by atoms with E-state index in [2.05, 4.69) is 11.6 Å². The predicted octanol–water partition coefficient (Wildman–Crippen LogP) is 3.76. The smallest absolute Gasteiger partial charge is 0.0929 e. The van der Waals surface area contributed by atoms with Gasteiger partial charge in [-0.1, -0.05) is 23.2 Å². The highest BCUT2D eigenvalue weighted by Gasteiger charge is 2.11. The van der Waals surface area contributed by atoms with Gasteiger partial charge in [-0.25, -0.2) is 0 Å². The standard InChI is InChI=1S/C13H19Cl2NOS/c1-18-7-3-2-6-16-9-13(17)11-8-10(14)4-5-12(11)15/h4-5,8,13,16-17H,2-3,6-7,9H2,1H3. The molecule has 0 fully saturated rings. The molecule has 2 nitrogen and oxygen atoms in total. The van der Waals surface area contributed by atoms with Crippen molar-refractivity contribution in [1.82, 2.24) is 5.32 Å². The van der Waals surface area contributed by atoms with Gasteiger partial charge in [-0.05, 0) is 49.6 Å². The summed E-state index contributed by atoms with van der Waals surface area (Å²) in [5.41, 5.74) is 0.681. The molecule has 0 heterocycles. The van der Waals surface area contributed by atoms with Crippen LogP contribution in [0.15, 0.2) is 18.2 Å². The third kappa shape index (κ3) is 5.81. The quantitative estimate of drug-likeness (QED) is 0.717. The Morgan fingerprint density at radius 2 is 2.11 bits per heavy atom. The highest BCUT2D eigenvalue weighted by molar-refractivity contribution is 7.98. The van der Waals surface area contributed by atoms with Crippen molar-refractivity contribution in [3.8, 4) is 0 Å². The fraction of sp³-hybridized carbons (Fsp3) is 0.538. The first-order valence-electron chi connectivity index (χ1n) is 5.98. The van der Waals surface area contributed by atoms with Crippen LogP contribution in [-0.4, -0.2) is 30.2 Å². The Balaban J connectivity index is 2.31. The third-order valence-corrected chi connectivity index (χ3v) is 3.88. The summed E-state index contributed by atoms with van der Waals surface area (Å²) in [6, 6.07) is 5.14. The first-order chi connectivity index (χ1) is 8.65. The van der Waals surface area contributed by atoms with E-state index in [1.165, 1.54) is 12.2 Å². The molecule has 0 bridgehead atoms. The fourth-order valence-electron chi connectivity index (χ4n) is 1.62. The number of aliphatic hydroxyl groups excluding tert-OH is 1. The molecule has 1 aromatic rings. The monoisotopic (exact) mass is 307 g/mol. The maximum Gasteiger partial charge on any atom is 0.0929 e. The Bertz CT molecular complexity index is 363. The number of hydrogen-bond donors (Lipinski definition) is 2. The molecule has 0 aromatic heterocycles. The summed E-state index contributed by atoms with van der Waals surface area (Å²) in [5, 5.41) is 14.4. The van der Waals surface area contributed by atoms with Crippen molar-refractivity contribution < 1.29 is 5.11 Å². The Hall–Kier alpha value is 0.0700. The van der Waals surface area contributed by atoms with Crippen LogP contribution in [0.5, 0.6) is 0 Å². The Kier molecular flexibility index (Phi) is 8.11. The molecule has 0 aliphatic carbocycles. The van der Waals surface area contributed by atoms with E-state index in [0.717, 1.165) is 13.0 Å². The summed E-state index contributed by atoms with van der Waals surface area (Å²) < 4.78 is 0. The van der Waals surface area contributed by atoms with Gasteiger partial charge >= 0.3 is 0 Å². The van der Waals surface area contributed by atoms with Crippen LogP contribution < -0.4 is 5.32 Å². The molecule has 0 saturated heterocycles. The molecule has 102 valence electrons. The lowest BCUT2D eigenvalue weighted by molar-refractivity contribution is 0.175. The number of halogens is 2. The molecule has 0 saturated carbocycles. The summed E-state index contributed by atoms with van der Waals surface area (Å²) in [7, 11) is 0. The van der Waals surface area contributed by atoms with Crippen molar-refractivity contribution in [2.45, 2.75) is 18.9 Å². The number of unbranched alkanes of at least 4 members (excludes halogenated alkanes) is 1. The lowest BCUT2D eigenvalue weighted by atomic mass is 10.1. The average molecular weight is 308 g/mol. The lowest BCUT2D eigenvalue weighted by Crippen LogP contribution is -2.22. The van der Waals surface area contributed by atoms with Crippen LogP contribution >= 0.6 is 35.0 Å².